The Balaban J connectivity index is 2.00. The normalized spacial score (nSPS) is 18.1. The first kappa shape index (κ1) is 15.5. The topological polar surface area (TPSA) is 3.24 Å². The standard InChI is InChI=1S/C18H28FN/c1-13(2)12-20-9-7-15(8-10-20)17-6-5-16(14(3)4)11-18(17)19/h5-6,11,13-15H,7-10,12H2,1-4H3. The van der Waals surface area contributed by atoms with Crippen LogP contribution in [-0.4, -0.2) is 24.5 Å². The predicted molar refractivity (Wildman–Crippen MR) is 83.7 cm³/mol. The summed E-state index contributed by atoms with van der Waals surface area (Å²) in [6.45, 7) is 12.1. The lowest BCUT2D eigenvalue weighted by atomic mass is 9.87. The lowest BCUT2D eigenvalue weighted by Gasteiger charge is -2.33. The number of nitrogens with zero attached hydrogens (tertiary/aromatic N) is 1. The van der Waals surface area contributed by atoms with E-state index in [-0.39, 0.29) is 5.82 Å². The van der Waals surface area contributed by atoms with Gasteiger partial charge in [0.2, 0.25) is 0 Å². The maximum atomic E-state index is 14.3. The Labute approximate surface area is 123 Å². The summed E-state index contributed by atoms with van der Waals surface area (Å²) in [4.78, 5) is 2.52. The van der Waals surface area contributed by atoms with Crippen LogP contribution in [0.5, 0.6) is 0 Å². The third-order valence-electron chi connectivity index (χ3n) is 4.34. The van der Waals surface area contributed by atoms with Gasteiger partial charge >= 0.3 is 0 Å². The molecular formula is C18H28FN. The summed E-state index contributed by atoms with van der Waals surface area (Å²) in [5, 5.41) is 0. The van der Waals surface area contributed by atoms with Gasteiger partial charge in [-0.05, 0) is 60.9 Å². The third kappa shape index (κ3) is 3.82. The summed E-state index contributed by atoms with van der Waals surface area (Å²) >= 11 is 0. The van der Waals surface area contributed by atoms with Crippen molar-refractivity contribution in [2.24, 2.45) is 5.92 Å². The van der Waals surface area contributed by atoms with Crippen molar-refractivity contribution in [2.45, 2.75) is 52.4 Å². The fraction of sp³-hybridized carbons (Fsp3) is 0.667. The molecular weight excluding hydrogens is 249 g/mol. The molecule has 0 radical (unpaired) electrons. The first-order valence-corrected chi connectivity index (χ1v) is 7.99. The van der Waals surface area contributed by atoms with Crippen LogP contribution in [0, 0.1) is 11.7 Å². The van der Waals surface area contributed by atoms with Crippen molar-refractivity contribution < 1.29 is 4.39 Å². The Morgan fingerprint density at radius 1 is 1.15 bits per heavy atom. The molecule has 1 fully saturated rings. The monoisotopic (exact) mass is 277 g/mol. The average Bonchev–Trinajstić information content (AvgIpc) is 2.39. The van der Waals surface area contributed by atoms with Crippen molar-refractivity contribution in [3.8, 4) is 0 Å². The highest BCUT2D eigenvalue weighted by Crippen LogP contribution is 2.31. The average molecular weight is 277 g/mol. The summed E-state index contributed by atoms with van der Waals surface area (Å²) in [6.07, 6.45) is 2.18. The van der Waals surface area contributed by atoms with Gasteiger partial charge in [-0.1, -0.05) is 39.8 Å². The minimum absolute atomic E-state index is 0.00138. The van der Waals surface area contributed by atoms with Gasteiger partial charge in [-0.3, -0.25) is 0 Å². The van der Waals surface area contributed by atoms with Crippen LogP contribution in [0.2, 0.25) is 0 Å². The fourth-order valence-electron chi connectivity index (χ4n) is 3.18. The number of rotatable bonds is 4. The molecule has 0 bridgehead atoms. The molecule has 0 unspecified atom stereocenters. The molecule has 1 aliphatic heterocycles. The van der Waals surface area contributed by atoms with Crippen molar-refractivity contribution >= 4 is 0 Å². The van der Waals surface area contributed by atoms with E-state index in [2.05, 4.69) is 38.7 Å². The van der Waals surface area contributed by atoms with E-state index in [4.69, 9.17) is 0 Å². The van der Waals surface area contributed by atoms with Crippen LogP contribution < -0.4 is 0 Å². The number of hydrogen-bond donors (Lipinski definition) is 0. The van der Waals surface area contributed by atoms with Crippen LogP contribution in [0.25, 0.3) is 0 Å². The van der Waals surface area contributed by atoms with Crippen LogP contribution in [0.3, 0.4) is 0 Å². The van der Waals surface area contributed by atoms with Crippen LogP contribution in [0.1, 0.15) is 63.5 Å². The van der Waals surface area contributed by atoms with Gasteiger partial charge in [0.05, 0.1) is 0 Å². The molecule has 1 aromatic rings. The molecule has 0 saturated carbocycles. The lowest BCUT2D eigenvalue weighted by Crippen LogP contribution is -2.35. The summed E-state index contributed by atoms with van der Waals surface area (Å²) in [6, 6.07) is 5.86. The number of hydrogen-bond acceptors (Lipinski definition) is 1. The maximum Gasteiger partial charge on any atom is 0.126 e. The zero-order valence-electron chi connectivity index (χ0n) is 13.3. The second-order valence-corrected chi connectivity index (χ2v) is 6.90. The van der Waals surface area contributed by atoms with Gasteiger partial charge < -0.3 is 4.90 Å². The van der Waals surface area contributed by atoms with Gasteiger partial charge in [-0.15, -0.1) is 0 Å². The first-order chi connectivity index (χ1) is 9.47. The molecule has 0 N–H and O–H groups in total. The van der Waals surface area contributed by atoms with Gasteiger partial charge in [-0.25, -0.2) is 4.39 Å². The van der Waals surface area contributed by atoms with Crippen LogP contribution >= 0.6 is 0 Å². The second-order valence-electron chi connectivity index (χ2n) is 6.90. The molecule has 0 atom stereocenters. The van der Waals surface area contributed by atoms with E-state index in [0.29, 0.717) is 17.8 Å². The highest BCUT2D eigenvalue weighted by molar-refractivity contribution is 5.29. The van der Waals surface area contributed by atoms with E-state index < -0.39 is 0 Å². The van der Waals surface area contributed by atoms with Crippen LogP contribution in [0.4, 0.5) is 4.39 Å². The molecule has 2 heteroatoms. The van der Waals surface area contributed by atoms with E-state index in [1.807, 2.05) is 6.07 Å². The highest BCUT2D eigenvalue weighted by Gasteiger charge is 2.23. The van der Waals surface area contributed by atoms with Gasteiger partial charge in [0, 0.05) is 6.54 Å². The molecule has 1 nitrogen and oxygen atoms in total. The number of likely N-dealkylation sites (tertiary alicyclic amines) is 1. The zero-order valence-corrected chi connectivity index (χ0v) is 13.3. The summed E-state index contributed by atoms with van der Waals surface area (Å²) in [7, 11) is 0. The molecule has 2 rings (SSSR count). The van der Waals surface area contributed by atoms with Crippen LogP contribution in [0.15, 0.2) is 18.2 Å². The highest BCUT2D eigenvalue weighted by atomic mass is 19.1. The molecule has 1 aromatic carbocycles. The molecule has 0 aromatic heterocycles. The number of piperidine rings is 1. The summed E-state index contributed by atoms with van der Waals surface area (Å²) in [5.41, 5.74) is 2.03. The first-order valence-electron chi connectivity index (χ1n) is 7.99. The molecule has 112 valence electrons. The van der Waals surface area contributed by atoms with Crippen molar-refractivity contribution in [2.75, 3.05) is 19.6 Å². The van der Waals surface area contributed by atoms with Gasteiger partial charge in [0.15, 0.2) is 0 Å². The van der Waals surface area contributed by atoms with E-state index in [1.54, 1.807) is 6.07 Å². The van der Waals surface area contributed by atoms with Crippen LogP contribution in [-0.2, 0) is 0 Å². The minimum Gasteiger partial charge on any atom is -0.303 e. The molecule has 1 aliphatic rings. The van der Waals surface area contributed by atoms with Gasteiger partial charge in [0.1, 0.15) is 5.82 Å². The largest absolute Gasteiger partial charge is 0.303 e. The Morgan fingerprint density at radius 3 is 2.30 bits per heavy atom. The lowest BCUT2D eigenvalue weighted by molar-refractivity contribution is 0.191. The Kier molecular flexibility index (Phi) is 5.20. The fourth-order valence-corrected chi connectivity index (χ4v) is 3.18. The van der Waals surface area contributed by atoms with Crippen molar-refractivity contribution in [3.05, 3.63) is 35.1 Å². The Hall–Kier alpha value is -0.890. The van der Waals surface area contributed by atoms with E-state index in [1.165, 1.54) is 6.54 Å². The summed E-state index contributed by atoms with van der Waals surface area (Å²) in [5.74, 6) is 1.51. The Bertz CT molecular complexity index is 431. The Morgan fingerprint density at radius 2 is 1.80 bits per heavy atom. The third-order valence-corrected chi connectivity index (χ3v) is 4.34. The second kappa shape index (κ2) is 6.71. The molecule has 20 heavy (non-hydrogen) atoms. The smallest absolute Gasteiger partial charge is 0.126 e. The van der Waals surface area contributed by atoms with E-state index >= 15 is 0 Å². The quantitative estimate of drug-likeness (QED) is 0.765. The SMILES string of the molecule is CC(C)CN1CCC(c2ccc(C(C)C)cc2F)CC1. The number of halogens is 1. The molecule has 0 aliphatic carbocycles. The molecule has 0 amide bonds. The van der Waals surface area contributed by atoms with E-state index in [9.17, 15) is 4.39 Å². The van der Waals surface area contributed by atoms with Crippen molar-refractivity contribution in [1.29, 1.82) is 0 Å². The predicted octanol–water partition coefficient (Wildman–Crippen LogP) is 4.78. The van der Waals surface area contributed by atoms with Gasteiger partial charge in [0.25, 0.3) is 0 Å². The number of benzene rings is 1. The minimum atomic E-state index is -0.00138. The van der Waals surface area contributed by atoms with Crippen molar-refractivity contribution in [1.82, 2.24) is 4.90 Å². The van der Waals surface area contributed by atoms with E-state index in [0.717, 1.165) is 37.1 Å². The molecule has 0 spiro atoms. The summed E-state index contributed by atoms with van der Waals surface area (Å²) < 4.78 is 14.3. The molecule has 1 saturated heterocycles. The maximum absolute atomic E-state index is 14.3. The van der Waals surface area contributed by atoms with Gasteiger partial charge in [-0.2, -0.15) is 0 Å². The van der Waals surface area contributed by atoms with Crippen molar-refractivity contribution in [3.63, 3.8) is 0 Å². The zero-order chi connectivity index (χ0) is 14.7. The molecule has 1 heterocycles.